The molecular weight excluding hydrogens is 436 g/mol. The lowest BCUT2D eigenvalue weighted by Gasteiger charge is -2.26. The molecule has 2 aromatic heterocycles. The number of benzene rings is 1. The predicted molar refractivity (Wildman–Crippen MR) is 127 cm³/mol. The fourth-order valence-electron chi connectivity index (χ4n) is 3.66. The smallest absolute Gasteiger partial charge is 0.267 e. The number of fused-ring (bicyclic) bond motifs is 3. The topological polar surface area (TPSA) is 44.1 Å². The molecule has 0 N–H and O–H groups in total. The van der Waals surface area contributed by atoms with Crippen LogP contribution in [-0.4, -0.2) is 21.4 Å². The van der Waals surface area contributed by atoms with Crippen LogP contribution in [0.3, 0.4) is 0 Å². The number of aromatic nitrogens is 2. The Bertz CT molecular complexity index is 1180. The highest BCUT2D eigenvalue weighted by molar-refractivity contribution is 7.99. The zero-order valence-electron chi connectivity index (χ0n) is 17.6. The minimum absolute atomic E-state index is 0.00146. The number of nitrogens with zero attached hydrogens (tertiary/aromatic N) is 2. The summed E-state index contributed by atoms with van der Waals surface area (Å²) in [5.41, 5.74) is 3.07. The van der Waals surface area contributed by atoms with Gasteiger partial charge in [-0.05, 0) is 43.0 Å². The van der Waals surface area contributed by atoms with Gasteiger partial charge in [-0.25, -0.2) is 4.98 Å². The van der Waals surface area contributed by atoms with Crippen LogP contribution in [0.5, 0.6) is 0 Å². The molecule has 0 spiro atoms. The molecule has 0 fully saturated rings. The number of thioether (sulfide) groups is 1. The van der Waals surface area contributed by atoms with E-state index < -0.39 is 0 Å². The molecule has 1 atom stereocenters. The monoisotopic (exact) mass is 460 g/mol. The largest absolute Gasteiger partial charge is 0.372 e. The van der Waals surface area contributed by atoms with Gasteiger partial charge in [-0.1, -0.05) is 55.4 Å². The number of allylic oxidation sites excluding steroid dienone is 1. The summed E-state index contributed by atoms with van der Waals surface area (Å²) in [6.45, 7) is 8.76. The van der Waals surface area contributed by atoms with Crippen molar-refractivity contribution in [3.63, 3.8) is 0 Å². The van der Waals surface area contributed by atoms with Gasteiger partial charge in [0.05, 0.1) is 23.8 Å². The number of halogens is 1. The number of hydrogen-bond donors (Lipinski definition) is 0. The first kappa shape index (κ1) is 21.6. The molecule has 1 aromatic carbocycles. The van der Waals surface area contributed by atoms with E-state index in [0.29, 0.717) is 23.4 Å². The molecule has 30 heavy (non-hydrogen) atoms. The summed E-state index contributed by atoms with van der Waals surface area (Å²) in [5, 5.41) is 2.17. The van der Waals surface area contributed by atoms with Gasteiger partial charge in [0, 0.05) is 22.1 Å². The number of aryl methyl sites for hydroxylation is 1. The first-order chi connectivity index (χ1) is 14.3. The van der Waals surface area contributed by atoms with E-state index in [1.54, 1.807) is 15.9 Å². The van der Waals surface area contributed by atoms with Crippen molar-refractivity contribution in [3.8, 4) is 5.69 Å². The van der Waals surface area contributed by atoms with E-state index in [-0.39, 0.29) is 11.7 Å². The lowest BCUT2D eigenvalue weighted by atomic mass is 9.96. The Morgan fingerprint density at radius 2 is 2.27 bits per heavy atom. The Hall–Kier alpha value is -1.60. The third-order valence-electron chi connectivity index (χ3n) is 5.29. The Morgan fingerprint density at radius 3 is 2.97 bits per heavy atom. The molecule has 0 radical (unpaired) electrons. The Labute approximate surface area is 189 Å². The van der Waals surface area contributed by atoms with Crippen molar-refractivity contribution in [2.45, 2.75) is 52.0 Å². The van der Waals surface area contributed by atoms with Crippen molar-refractivity contribution in [3.05, 3.63) is 61.7 Å². The maximum absolute atomic E-state index is 13.8. The van der Waals surface area contributed by atoms with Crippen LogP contribution in [0.15, 0.2) is 45.3 Å². The summed E-state index contributed by atoms with van der Waals surface area (Å²) in [7, 11) is 0. The highest BCUT2D eigenvalue weighted by atomic mass is 35.5. The molecule has 0 saturated heterocycles. The molecule has 7 heteroatoms. The van der Waals surface area contributed by atoms with Crippen molar-refractivity contribution in [2.75, 3.05) is 5.75 Å². The van der Waals surface area contributed by atoms with Crippen LogP contribution in [0, 0.1) is 12.8 Å². The second-order valence-electron chi connectivity index (χ2n) is 7.96. The number of thiophene rings is 1. The molecule has 1 aliphatic rings. The summed E-state index contributed by atoms with van der Waals surface area (Å²) in [4.78, 5) is 20.7. The highest BCUT2D eigenvalue weighted by Crippen LogP contribution is 2.36. The van der Waals surface area contributed by atoms with Crippen LogP contribution in [0.4, 0.5) is 0 Å². The molecule has 0 saturated carbocycles. The van der Waals surface area contributed by atoms with Crippen molar-refractivity contribution in [1.29, 1.82) is 0 Å². The van der Waals surface area contributed by atoms with Crippen molar-refractivity contribution >= 4 is 44.9 Å². The van der Waals surface area contributed by atoms with E-state index >= 15 is 0 Å². The zero-order valence-corrected chi connectivity index (χ0v) is 20.0. The van der Waals surface area contributed by atoms with E-state index in [9.17, 15) is 4.79 Å². The van der Waals surface area contributed by atoms with Gasteiger partial charge in [0.1, 0.15) is 4.83 Å². The van der Waals surface area contributed by atoms with Crippen molar-refractivity contribution in [2.24, 2.45) is 5.92 Å². The van der Waals surface area contributed by atoms with Gasteiger partial charge in [-0.3, -0.25) is 9.36 Å². The quantitative estimate of drug-likeness (QED) is 0.341. The molecule has 3 heterocycles. The lowest BCUT2D eigenvalue weighted by molar-refractivity contribution is 0.00200. The maximum atomic E-state index is 13.8. The van der Waals surface area contributed by atoms with Gasteiger partial charge >= 0.3 is 0 Å². The Morgan fingerprint density at radius 1 is 1.47 bits per heavy atom. The molecule has 3 aromatic rings. The van der Waals surface area contributed by atoms with E-state index in [4.69, 9.17) is 21.3 Å². The first-order valence-corrected chi connectivity index (χ1v) is 12.2. The van der Waals surface area contributed by atoms with Crippen LogP contribution in [-0.2, 0) is 17.8 Å². The third-order valence-corrected chi connectivity index (χ3v) is 7.41. The SMILES string of the molecule is C/C(Cl)=C\CSc1nc2sc3c(c2c(=O)n1-c1cccc(C)c1)C[C@H](C(C)C)OC3. The predicted octanol–water partition coefficient (Wildman–Crippen LogP) is 6.09. The second-order valence-corrected chi connectivity index (χ2v) is 10.6. The molecule has 4 rings (SSSR count). The summed E-state index contributed by atoms with van der Waals surface area (Å²) >= 11 is 9.11. The normalized spacial score (nSPS) is 17.0. The van der Waals surface area contributed by atoms with Gasteiger partial charge in [0.25, 0.3) is 5.56 Å². The second kappa shape index (κ2) is 8.87. The van der Waals surface area contributed by atoms with E-state index in [2.05, 4.69) is 13.8 Å². The molecule has 4 nitrogen and oxygen atoms in total. The zero-order chi connectivity index (χ0) is 21.4. The highest BCUT2D eigenvalue weighted by Gasteiger charge is 2.28. The standard InChI is InChI=1S/C23H25ClN2O2S2/c1-13(2)18-11-17-19(12-28-18)30-21-20(17)22(27)26(16-7-5-6-14(3)10-16)23(25-21)29-9-8-15(4)24/h5-8,10,13,18H,9,11-12H2,1-4H3/b15-8+/t18-/m1/s1. The molecule has 0 unspecified atom stereocenters. The van der Waals surface area contributed by atoms with Gasteiger partial charge in [0.15, 0.2) is 5.16 Å². The van der Waals surface area contributed by atoms with Crippen LogP contribution in [0.1, 0.15) is 36.8 Å². The molecule has 158 valence electrons. The molecular formula is C23H25ClN2O2S2. The van der Waals surface area contributed by atoms with Crippen LogP contribution in [0.2, 0.25) is 0 Å². The molecule has 0 aliphatic carbocycles. The number of rotatable bonds is 5. The van der Waals surface area contributed by atoms with Gasteiger partial charge in [-0.2, -0.15) is 0 Å². The lowest BCUT2D eigenvalue weighted by Crippen LogP contribution is -2.28. The summed E-state index contributed by atoms with van der Waals surface area (Å²) < 4.78 is 7.79. The number of ether oxygens (including phenoxy) is 1. The average Bonchev–Trinajstić information content (AvgIpc) is 3.05. The van der Waals surface area contributed by atoms with Crippen LogP contribution in [0.25, 0.3) is 15.9 Å². The summed E-state index contributed by atoms with van der Waals surface area (Å²) in [6, 6.07) is 8.00. The van der Waals surface area contributed by atoms with Crippen molar-refractivity contribution < 1.29 is 4.74 Å². The average molecular weight is 461 g/mol. The summed E-state index contributed by atoms with van der Waals surface area (Å²) in [5.74, 6) is 1.06. The molecule has 1 aliphatic heterocycles. The van der Waals surface area contributed by atoms with Crippen LogP contribution >= 0.6 is 34.7 Å². The minimum Gasteiger partial charge on any atom is -0.372 e. The minimum atomic E-state index is 0.00146. The Kier molecular flexibility index (Phi) is 6.39. The maximum Gasteiger partial charge on any atom is 0.267 e. The van der Waals surface area contributed by atoms with Gasteiger partial charge in [0.2, 0.25) is 0 Å². The van der Waals surface area contributed by atoms with Crippen LogP contribution < -0.4 is 5.56 Å². The number of hydrogen-bond acceptors (Lipinski definition) is 5. The fraction of sp³-hybridized carbons (Fsp3) is 0.391. The van der Waals surface area contributed by atoms with E-state index in [1.165, 1.54) is 11.8 Å². The van der Waals surface area contributed by atoms with E-state index in [1.807, 2.05) is 44.2 Å². The summed E-state index contributed by atoms with van der Waals surface area (Å²) in [6.07, 6.45) is 2.83. The van der Waals surface area contributed by atoms with Gasteiger partial charge < -0.3 is 4.74 Å². The fourth-order valence-corrected chi connectivity index (χ4v) is 5.95. The third kappa shape index (κ3) is 4.24. The van der Waals surface area contributed by atoms with Gasteiger partial charge in [-0.15, -0.1) is 11.3 Å². The van der Waals surface area contributed by atoms with Crippen molar-refractivity contribution in [1.82, 2.24) is 9.55 Å². The first-order valence-electron chi connectivity index (χ1n) is 10.1. The van der Waals surface area contributed by atoms with E-state index in [0.717, 1.165) is 43.4 Å². The molecule has 0 bridgehead atoms. The molecule has 0 amide bonds. The Balaban J connectivity index is 1.91.